The molecule has 0 aliphatic heterocycles. The highest BCUT2D eigenvalue weighted by Gasteiger charge is 2.33. The van der Waals surface area contributed by atoms with Crippen molar-refractivity contribution in [1.82, 2.24) is 0 Å². The van der Waals surface area contributed by atoms with Crippen molar-refractivity contribution in [3.05, 3.63) is 34.3 Å². The van der Waals surface area contributed by atoms with E-state index < -0.39 is 0 Å². The summed E-state index contributed by atoms with van der Waals surface area (Å²) in [7, 11) is 0. The summed E-state index contributed by atoms with van der Waals surface area (Å²) in [5, 5.41) is 9.67. The van der Waals surface area contributed by atoms with Gasteiger partial charge in [0.25, 0.3) is 0 Å². The molecule has 1 aliphatic rings. The van der Waals surface area contributed by atoms with Crippen LogP contribution in [0.25, 0.3) is 0 Å². The summed E-state index contributed by atoms with van der Waals surface area (Å²) in [5.74, 6) is 0. The molecule has 1 nitrogen and oxygen atoms in total. The van der Waals surface area contributed by atoms with Gasteiger partial charge in [0.05, 0.1) is 6.61 Å². The zero-order valence-electron chi connectivity index (χ0n) is 8.88. The fraction of sp³-hybridized carbons (Fsp3) is 0.538. The minimum Gasteiger partial charge on any atom is -0.395 e. The highest BCUT2D eigenvalue weighted by atomic mass is 79.9. The van der Waals surface area contributed by atoms with E-state index in [4.69, 9.17) is 0 Å². The average Bonchev–Trinajstić information content (AvgIpc) is 2.30. The van der Waals surface area contributed by atoms with Crippen LogP contribution in [-0.4, -0.2) is 11.7 Å². The third-order valence-corrected chi connectivity index (χ3v) is 4.04. The molecule has 2 heteroatoms. The van der Waals surface area contributed by atoms with Crippen molar-refractivity contribution in [2.75, 3.05) is 6.61 Å². The Morgan fingerprint density at radius 1 is 1.20 bits per heavy atom. The summed E-state index contributed by atoms with van der Waals surface area (Å²) in [6.45, 7) is 0.281. The summed E-state index contributed by atoms with van der Waals surface area (Å²) in [6.07, 6.45) is 6.05. The normalized spacial score (nSPS) is 20.1. The molecular weight excluding hydrogens is 252 g/mol. The lowest BCUT2D eigenvalue weighted by Gasteiger charge is -2.36. The van der Waals surface area contributed by atoms with Gasteiger partial charge in [-0.3, -0.25) is 0 Å². The highest BCUT2D eigenvalue weighted by Crippen LogP contribution is 2.39. The maximum absolute atomic E-state index is 9.67. The largest absolute Gasteiger partial charge is 0.395 e. The van der Waals surface area contributed by atoms with E-state index in [-0.39, 0.29) is 12.0 Å². The fourth-order valence-electron chi connectivity index (χ4n) is 2.58. The highest BCUT2D eigenvalue weighted by molar-refractivity contribution is 9.10. The molecule has 0 saturated heterocycles. The van der Waals surface area contributed by atoms with E-state index in [1.165, 1.54) is 24.8 Å². The third kappa shape index (κ3) is 2.26. The Morgan fingerprint density at radius 2 is 1.93 bits per heavy atom. The fourth-order valence-corrected chi connectivity index (χ4v) is 2.98. The smallest absolute Gasteiger partial charge is 0.0527 e. The Labute approximate surface area is 99.6 Å². The van der Waals surface area contributed by atoms with E-state index in [0.717, 1.165) is 17.3 Å². The molecule has 1 N–H and O–H groups in total. The van der Waals surface area contributed by atoms with Crippen molar-refractivity contribution in [3.8, 4) is 0 Å². The Morgan fingerprint density at radius 3 is 2.53 bits per heavy atom. The Balaban J connectivity index is 2.32. The van der Waals surface area contributed by atoms with Gasteiger partial charge in [0.1, 0.15) is 0 Å². The van der Waals surface area contributed by atoms with Crippen LogP contribution in [0.2, 0.25) is 0 Å². The molecule has 1 aromatic carbocycles. The predicted octanol–water partition coefficient (Wildman–Crippen LogP) is 3.64. The van der Waals surface area contributed by atoms with E-state index in [1.54, 1.807) is 0 Å². The van der Waals surface area contributed by atoms with Gasteiger partial charge < -0.3 is 5.11 Å². The quantitative estimate of drug-likeness (QED) is 0.869. The third-order valence-electron chi connectivity index (χ3n) is 3.55. The first kappa shape index (κ1) is 11.2. The Hall–Kier alpha value is -0.340. The minimum absolute atomic E-state index is 0.0298. The van der Waals surface area contributed by atoms with Crippen LogP contribution < -0.4 is 0 Å². The van der Waals surface area contributed by atoms with Crippen LogP contribution in [0.5, 0.6) is 0 Å². The van der Waals surface area contributed by atoms with Crippen molar-refractivity contribution in [3.63, 3.8) is 0 Å². The van der Waals surface area contributed by atoms with Gasteiger partial charge in [-0.1, -0.05) is 47.3 Å². The van der Waals surface area contributed by atoms with Crippen LogP contribution in [0.4, 0.5) is 0 Å². The van der Waals surface area contributed by atoms with E-state index in [2.05, 4.69) is 34.1 Å². The molecule has 0 aromatic heterocycles. The van der Waals surface area contributed by atoms with Gasteiger partial charge in [-0.15, -0.1) is 0 Å². The van der Waals surface area contributed by atoms with Crippen LogP contribution in [0, 0.1) is 0 Å². The predicted molar refractivity (Wildman–Crippen MR) is 66.0 cm³/mol. The molecular formula is C13H17BrO. The summed E-state index contributed by atoms with van der Waals surface area (Å²) < 4.78 is 1.11. The van der Waals surface area contributed by atoms with Gasteiger partial charge in [0, 0.05) is 9.89 Å². The van der Waals surface area contributed by atoms with Gasteiger partial charge in [-0.05, 0) is 30.5 Å². The molecule has 1 fully saturated rings. The van der Waals surface area contributed by atoms with Crippen LogP contribution in [-0.2, 0) is 5.41 Å². The lowest BCUT2D eigenvalue weighted by molar-refractivity contribution is 0.152. The first-order chi connectivity index (χ1) is 7.27. The topological polar surface area (TPSA) is 20.2 Å². The maximum atomic E-state index is 9.67. The van der Waals surface area contributed by atoms with Crippen molar-refractivity contribution in [2.45, 2.75) is 37.5 Å². The van der Waals surface area contributed by atoms with E-state index in [0.29, 0.717) is 0 Å². The monoisotopic (exact) mass is 268 g/mol. The number of benzene rings is 1. The van der Waals surface area contributed by atoms with E-state index in [9.17, 15) is 5.11 Å². The molecule has 0 heterocycles. The number of hydrogen-bond donors (Lipinski definition) is 1. The lowest BCUT2D eigenvalue weighted by atomic mass is 9.70. The van der Waals surface area contributed by atoms with Crippen molar-refractivity contribution in [2.24, 2.45) is 0 Å². The van der Waals surface area contributed by atoms with Gasteiger partial charge in [0.2, 0.25) is 0 Å². The molecule has 0 bridgehead atoms. The van der Waals surface area contributed by atoms with Crippen molar-refractivity contribution in [1.29, 1.82) is 0 Å². The average molecular weight is 269 g/mol. The first-order valence-corrected chi connectivity index (χ1v) is 6.43. The second-order valence-corrected chi connectivity index (χ2v) is 5.43. The minimum atomic E-state index is 0.0298. The molecule has 0 atom stereocenters. The van der Waals surface area contributed by atoms with Crippen molar-refractivity contribution >= 4 is 15.9 Å². The zero-order chi connectivity index (χ0) is 10.7. The van der Waals surface area contributed by atoms with Crippen LogP contribution in [0.3, 0.4) is 0 Å². The molecule has 0 amide bonds. The van der Waals surface area contributed by atoms with Crippen LogP contribution in [0.15, 0.2) is 28.7 Å². The number of hydrogen-bond acceptors (Lipinski definition) is 1. The zero-order valence-corrected chi connectivity index (χ0v) is 10.5. The Kier molecular flexibility index (Phi) is 3.47. The molecule has 15 heavy (non-hydrogen) atoms. The second kappa shape index (κ2) is 4.67. The number of rotatable bonds is 2. The lowest BCUT2D eigenvalue weighted by Crippen LogP contribution is -2.32. The van der Waals surface area contributed by atoms with Gasteiger partial charge in [-0.2, -0.15) is 0 Å². The van der Waals surface area contributed by atoms with Gasteiger partial charge >= 0.3 is 0 Å². The summed E-state index contributed by atoms with van der Waals surface area (Å²) in [6, 6.07) is 8.40. The maximum Gasteiger partial charge on any atom is 0.0527 e. The van der Waals surface area contributed by atoms with Crippen LogP contribution in [0.1, 0.15) is 37.7 Å². The molecule has 0 spiro atoms. The SMILES string of the molecule is OCC1(c2cccc(Br)c2)CCCCC1. The van der Waals surface area contributed by atoms with E-state index in [1.807, 2.05) is 6.07 Å². The molecule has 0 unspecified atom stereocenters. The number of aliphatic hydroxyl groups is 1. The van der Waals surface area contributed by atoms with Gasteiger partial charge in [-0.25, -0.2) is 0 Å². The molecule has 0 radical (unpaired) electrons. The Bertz CT molecular complexity index is 329. The standard InChI is InChI=1S/C13H17BrO/c14-12-6-4-5-11(9-12)13(10-15)7-2-1-3-8-13/h4-6,9,15H,1-3,7-8,10H2. The molecule has 82 valence electrons. The first-order valence-electron chi connectivity index (χ1n) is 5.64. The molecule has 2 rings (SSSR count). The second-order valence-electron chi connectivity index (χ2n) is 4.51. The number of aliphatic hydroxyl groups excluding tert-OH is 1. The molecule has 1 aromatic rings. The van der Waals surface area contributed by atoms with Crippen LogP contribution >= 0.6 is 15.9 Å². The van der Waals surface area contributed by atoms with Gasteiger partial charge in [0.15, 0.2) is 0 Å². The molecule has 1 saturated carbocycles. The van der Waals surface area contributed by atoms with E-state index >= 15 is 0 Å². The summed E-state index contributed by atoms with van der Waals surface area (Å²) >= 11 is 3.50. The summed E-state index contributed by atoms with van der Waals surface area (Å²) in [5.41, 5.74) is 1.32. The summed E-state index contributed by atoms with van der Waals surface area (Å²) in [4.78, 5) is 0. The number of halogens is 1. The molecule has 1 aliphatic carbocycles. The van der Waals surface area contributed by atoms with Crippen molar-refractivity contribution < 1.29 is 5.11 Å².